The summed E-state index contributed by atoms with van der Waals surface area (Å²) in [6.45, 7) is 1.35. The molecule has 148 valence electrons. The smallest absolute Gasteiger partial charge is 0.348 e. The molecule has 0 radical (unpaired) electrons. The van der Waals surface area contributed by atoms with Crippen LogP contribution in [0.4, 0.5) is 13.2 Å². The van der Waals surface area contributed by atoms with E-state index in [1.807, 2.05) is 0 Å². The van der Waals surface area contributed by atoms with Gasteiger partial charge in [0.1, 0.15) is 0 Å². The quantitative estimate of drug-likeness (QED) is 0.667. The molecule has 1 N–H and O–H groups in total. The van der Waals surface area contributed by atoms with Crippen molar-refractivity contribution < 1.29 is 26.4 Å². The van der Waals surface area contributed by atoms with Crippen molar-refractivity contribution in [3.63, 3.8) is 0 Å². The van der Waals surface area contributed by atoms with Gasteiger partial charge >= 0.3 is 6.18 Å². The third-order valence-electron chi connectivity index (χ3n) is 4.00. The molecule has 0 heterocycles. The van der Waals surface area contributed by atoms with E-state index in [1.165, 1.54) is 19.1 Å². The first kappa shape index (κ1) is 22.0. The molecule has 1 aromatic rings. The average molecular weight is 487 g/mol. The van der Waals surface area contributed by atoms with Crippen LogP contribution in [0.25, 0.3) is 0 Å². The molecule has 0 aromatic heterocycles. The number of hydrogen-bond donors (Lipinski definition) is 1. The van der Waals surface area contributed by atoms with Crippen LogP contribution in [-0.2, 0) is 21.2 Å². The first-order valence-electron chi connectivity index (χ1n) is 7.88. The third-order valence-corrected chi connectivity index (χ3v) is 6.56. The molecule has 1 atom stereocenters. The molecule has 0 fully saturated rings. The molecule has 1 unspecified atom stereocenters. The molecule has 10 heteroatoms. The molecule has 0 bridgehead atoms. The van der Waals surface area contributed by atoms with Crippen molar-refractivity contribution in [2.45, 2.75) is 31.0 Å². The highest BCUT2D eigenvalue weighted by molar-refractivity contribution is 9.10. The Morgan fingerprint density at radius 1 is 1.37 bits per heavy atom. The predicted molar refractivity (Wildman–Crippen MR) is 99.9 cm³/mol. The molecule has 2 rings (SSSR count). The number of hydrogen-bond acceptors (Lipinski definition) is 3. The van der Waals surface area contributed by atoms with Crippen molar-refractivity contribution >= 4 is 43.3 Å². The van der Waals surface area contributed by atoms with Crippen molar-refractivity contribution in [2.24, 2.45) is 5.92 Å². The third kappa shape index (κ3) is 5.58. The van der Waals surface area contributed by atoms with E-state index >= 15 is 0 Å². The van der Waals surface area contributed by atoms with Crippen molar-refractivity contribution in [2.75, 3.05) is 5.75 Å². The van der Waals surface area contributed by atoms with E-state index in [9.17, 15) is 26.4 Å². The Hall–Kier alpha value is -1.32. The van der Waals surface area contributed by atoms with Gasteiger partial charge in [0.25, 0.3) is 0 Å². The van der Waals surface area contributed by atoms with Crippen LogP contribution in [0.3, 0.4) is 0 Å². The summed E-state index contributed by atoms with van der Waals surface area (Å²) in [5, 5.41) is 2.32. The first-order valence-corrected chi connectivity index (χ1v) is 10.7. The second-order valence-electron chi connectivity index (χ2n) is 5.91. The Kier molecular flexibility index (Phi) is 6.81. The van der Waals surface area contributed by atoms with Crippen LogP contribution < -0.4 is 5.32 Å². The lowest BCUT2D eigenvalue weighted by atomic mass is 9.93. The standard InChI is InChI=1S/C17H16BrClF3NO3S/c1-2-27(25,26)15-4-3-13(18)6-11(15)9-23-16(24)10-5-12(17(20,21)22)8-14(19)7-10/h3-4,6-8,12H,2,5,9H2,1H3,(H,23,24). The molecule has 0 spiro atoms. The van der Waals surface area contributed by atoms with Gasteiger partial charge in [-0.15, -0.1) is 0 Å². The van der Waals surface area contributed by atoms with E-state index in [-0.39, 0.29) is 27.8 Å². The van der Waals surface area contributed by atoms with E-state index in [1.54, 1.807) is 12.1 Å². The molecule has 1 aliphatic rings. The number of carbonyl (C=O) groups excluding carboxylic acids is 1. The molecule has 1 aliphatic carbocycles. The topological polar surface area (TPSA) is 63.2 Å². The van der Waals surface area contributed by atoms with E-state index in [0.29, 0.717) is 10.0 Å². The van der Waals surface area contributed by atoms with Gasteiger partial charge in [-0.2, -0.15) is 13.2 Å². The SMILES string of the molecule is CCS(=O)(=O)c1ccc(Br)cc1CNC(=O)C1=CC(Cl)=CC(C(F)(F)F)C1. The van der Waals surface area contributed by atoms with Crippen molar-refractivity contribution in [3.8, 4) is 0 Å². The van der Waals surface area contributed by atoms with E-state index in [2.05, 4.69) is 21.2 Å². The minimum absolute atomic E-state index is 0.0669. The molecular formula is C17H16BrClF3NO3S. The summed E-state index contributed by atoms with van der Waals surface area (Å²) in [5.74, 6) is -2.68. The summed E-state index contributed by atoms with van der Waals surface area (Å²) in [6.07, 6.45) is -2.99. The largest absolute Gasteiger partial charge is 0.395 e. The Balaban J connectivity index is 2.19. The van der Waals surface area contributed by atoms with Crippen molar-refractivity contribution in [1.29, 1.82) is 0 Å². The first-order chi connectivity index (χ1) is 12.4. The van der Waals surface area contributed by atoms with Crippen molar-refractivity contribution in [1.82, 2.24) is 5.32 Å². The molecule has 1 amide bonds. The minimum Gasteiger partial charge on any atom is -0.348 e. The zero-order chi connectivity index (χ0) is 20.4. The van der Waals surface area contributed by atoms with Gasteiger partial charge in [0.15, 0.2) is 9.84 Å². The molecule has 27 heavy (non-hydrogen) atoms. The minimum atomic E-state index is -4.51. The Labute approximate surface area is 168 Å². The van der Waals surface area contributed by atoms with Crippen LogP contribution in [-0.4, -0.2) is 26.3 Å². The Morgan fingerprint density at radius 3 is 2.63 bits per heavy atom. The van der Waals surface area contributed by atoms with Crippen LogP contribution in [0, 0.1) is 5.92 Å². The monoisotopic (exact) mass is 485 g/mol. The summed E-state index contributed by atoms with van der Waals surface area (Å²) in [6, 6.07) is 4.53. The number of carbonyl (C=O) groups is 1. The summed E-state index contributed by atoms with van der Waals surface area (Å²) < 4.78 is 63.8. The summed E-state index contributed by atoms with van der Waals surface area (Å²) in [5.41, 5.74) is 0.227. The van der Waals surface area contributed by atoms with Crippen molar-refractivity contribution in [3.05, 3.63) is 51.0 Å². The Bertz CT molecular complexity index is 910. The van der Waals surface area contributed by atoms with Gasteiger partial charge in [0.2, 0.25) is 5.91 Å². The predicted octanol–water partition coefficient (Wildman–Crippen LogP) is 4.49. The Morgan fingerprint density at radius 2 is 2.04 bits per heavy atom. The zero-order valence-corrected chi connectivity index (χ0v) is 17.3. The highest BCUT2D eigenvalue weighted by Crippen LogP contribution is 2.37. The maximum absolute atomic E-state index is 12.9. The number of alkyl halides is 3. The van der Waals surface area contributed by atoms with E-state index in [0.717, 1.165) is 6.08 Å². The fraction of sp³-hybridized carbons (Fsp3) is 0.353. The number of allylic oxidation sites excluding steroid dienone is 3. The second-order valence-corrected chi connectivity index (χ2v) is 9.51. The van der Waals surface area contributed by atoms with E-state index < -0.39 is 34.3 Å². The number of amides is 1. The molecule has 0 saturated heterocycles. The lowest BCUT2D eigenvalue weighted by molar-refractivity contribution is -0.161. The summed E-state index contributed by atoms with van der Waals surface area (Å²) in [7, 11) is -3.52. The average Bonchev–Trinajstić information content (AvgIpc) is 2.58. The van der Waals surface area contributed by atoms with Crippen LogP contribution in [0.15, 0.2) is 50.3 Å². The molecule has 0 aliphatic heterocycles. The number of nitrogens with one attached hydrogen (secondary N) is 1. The normalized spacial score (nSPS) is 17.9. The maximum atomic E-state index is 12.9. The van der Waals surface area contributed by atoms with Gasteiger partial charge in [-0.05, 0) is 36.3 Å². The maximum Gasteiger partial charge on any atom is 0.395 e. The fourth-order valence-electron chi connectivity index (χ4n) is 2.56. The lowest BCUT2D eigenvalue weighted by Gasteiger charge is -2.22. The van der Waals surface area contributed by atoms with Crippen LogP contribution in [0.1, 0.15) is 18.9 Å². The molecular weight excluding hydrogens is 471 g/mol. The van der Waals surface area contributed by atoms with Gasteiger partial charge in [-0.1, -0.05) is 40.5 Å². The van der Waals surface area contributed by atoms with Crippen LogP contribution in [0.2, 0.25) is 0 Å². The van der Waals surface area contributed by atoms with Crippen LogP contribution >= 0.6 is 27.5 Å². The highest BCUT2D eigenvalue weighted by atomic mass is 79.9. The number of sulfone groups is 1. The number of halogens is 5. The highest BCUT2D eigenvalue weighted by Gasteiger charge is 2.40. The van der Waals surface area contributed by atoms with Gasteiger partial charge in [-0.25, -0.2) is 8.42 Å². The van der Waals surface area contributed by atoms with Gasteiger partial charge in [0, 0.05) is 21.6 Å². The van der Waals surface area contributed by atoms with Gasteiger partial charge in [0.05, 0.1) is 16.6 Å². The van der Waals surface area contributed by atoms with Crippen LogP contribution in [0.5, 0.6) is 0 Å². The number of rotatable bonds is 5. The molecule has 1 aromatic carbocycles. The van der Waals surface area contributed by atoms with E-state index in [4.69, 9.17) is 11.6 Å². The zero-order valence-electron chi connectivity index (χ0n) is 14.1. The summed E-state index contributed by atoms with van der Waals surface area (Å²) >= 11 is 8.95. The van der Waals surface area contributed by atoms with Gasteiger partial charge < -0.3 is 5.32 Å². The molecule has 4 nitrogen and oxygen atoms in total. The fourth-order valence-corrected chi connectivity index (χ4v) is 4.37. The lowest BCUT2D eigenvalue weighted by Crippen LogP contribution is -2.30. The summed E-state index contributed by atoms with van der Waals surface area (Å²) in [4.78, 5) is 12.4. The van der Waals surface area contributed by atoms with Gasteiger partial charge in [-0.3, -0.25) is 4.79 Å². The number of benzene rings is 1. The second kappa shape index (κ2) is 8.36. The molecule has 0 saturated carbocycles.